The number of ether oxygens (including phenoxy) is 4. The fourth-order valence-electron chi connectivity index (χ4n) is 20.3. The molecule has 12 aliphatic rings. The summed E-state index contributed by atoms with van der Waals surface area (Å²) in [5, 5.41) is 69.9. The first-order chi connectivity index (χ1) is 33.8. The average molecular weight is 1030 g/mol. The molecular formula is C57H81F3N2O11. The van der Waals surface area contributed by atoms with E-state index in [0.717, 1.165) is 56.9 Å². The van der Waals surface area contributed by atoms with E-state index in [9.17, 15) is 38.7 Å². The van der Waals surface area contributed by atoms with Crippen molar-refractivity contribution in [1.82, 2.24) is 4.98 Å². The normalized spacial score (nSPS) is 54.5. The van der Waals surface area contributed by atoms with E-state index in [1.54, 1.807) is 6.92 Å². The Morgan fingerprint density at radius 3 is 2.11 bits per heavy atom. The fraction of sp³-hybridized carbons (Fsp3) is 0.877. The number of carbonyl (C=O) groups excluding carboxylic acids is 1. The molecule has 2 spiro atoms. The number of aliphatic hydroxyl groups is 5. The van der Waals surface area contributed by atoms with Gasteiger partial charge in [-0.05, 0) is 125 Å². The van der Waals surface area contributed by atoms with E-state index < -0.39 is 64.6 Å². The van der Waals surface area contributed by atoms with Crippen LogP contribution < -0.4 is 9.67 Å². The number of nitrogens with zero attached hydrogens (tertiary/aromatic N) is 2. The van der Waals surface area contributed by atoms with Crippen LogP contribution in [0.25, 0.3) is 0 Å². The van der Waals surface area contributed by atoms with Crippen molar-refractivity contribution in [2.75, 3.05) is 6.61 Å². The molecule has 4 aliphatic heterocycles. The second-order valence-electron chi connectivity index (χ2n) is 28.1. The molecule has 13 nitrogen and oxygen atoms in total. The van der Waals surface area contributed by atoms with Gasteiger partial charge >= 0.3 is 6.18 Å². The second-order valence-corrected chi connectivity index (χ2v) is 28.1. The van der Waals surface area contributed by atoms with E-state index in [1.165, 1.54) is 35.6 Å². The van der Waals surface area contributed by atoms with Crippen molar-refractivity contribution in [3.8, 4) is 0 Å². The van der Waals surface area contributed by atoms with Crippen LogP contribution in [0.15, 0.2) is 11.6 Å². The van der Waals surface area contributed by atoms with Crippen LogP contribution in [0.5, 0.6) is 0 Å². The standard InChI is InChI=1S/C55H81N2O9.C2HF3O2/c1-27-46-41(64-53(27)15-13-47(3,4)66-53)20-33-31-12-11-29-17-36-39(25-50(29,7)32(31)21-42(59)51(33,46)8)57(10)38-18-30-19-40(58)45-34(49(30,6)24-37(38)56-36)22-43(60)52(9)35(45)23-44-55(52,62)28(2)54(65-44)16-14-48(5,61)26-63-54;3-2(4,5)1(6)7/h23,27-34,40-46,58-62H,11-22,24-26H2,1-10H3;(H,6,7)/q+1;/p-1/t27-,28+,29-,30+,31+,32-,33+,34-,40-,41-,42+,43+,44-,45+,46-,48-,49-,50-,51+,52+,53+,54+,55+;/m0./s1. The van der Waals surface area contributed by atoms with Crippen molar-refractivity contribution in [1.29, 1.82) is 0 Å². The number of fused-ring (bicyclic) bond motifs is 16. The Hall–Kier alpha value is -2.28. The molecule has 0 aromatic carbocycles. The number of aliphatic hydroxyl groups excluding tert-OH is 3. The highest BCUT2D eigenvalue weighted by Crippen LogP contribution is 2.73. The molecule has 73 heavy (non-hydrogen) atoms. The molecule has 406 valence electrons. The van der Waals surface area contributed by atoms with E-state index in [4.69, 9.17) is 33.8 Å². The first kappa shape index (κ1) is 51.5. The maximum atomic E-state index is 12.9. The summed E-state index contributed by atoms with van der Waals surface area (Å²) in [6.45, 7) is 20.1. The maximum Gasteiger partial charge on any atom is 0.430 e. The molecule has 5 N–H and O–H groups in total. The van der Waals surface area contributed by atoms with Crippen molar-refractivity contribution in [2.24, 2.45) is 87.9 Å². The van der Waals surface area contributed by atoms with E-state index in [0.29, 0.717) is 55.3 Å². The Kier molecular flexibility index (Phi) is 11.1. The third-order valence-corrected chi connectivity index (χ3v) is 24.5. The van der Waals surface area contributed by atoms with Crippen LogP contribution in [0.1, 0.15) is 149 Å². The lowest BCUT2D eigenvalue weighted by molar-refractivity contribution is -0.690. The number of rotatable bonds is 0. The Balaban J connectivity index is 0.000000726. The van der Waals surface area contributed by atoms with Gasteiger partial charge in [-0.3, -0.25) is 0 Å². The van der Waals surface area contributed by atoms with Gasteiger partial charge in [0.25, 0.3) is 0 Å². The molecule has 0 bridgehead atoms. The van der Waals surface area contributed by atoms with Crippen LogP contribution in [0.3, 0.4) is 0 Å². The topological polar surface area (TPSA) is 195 Å². The molecule has 8 aliphatic carbocycles. The minimum absolute atomic E-state index is 0.0122. The lowest BCUT2D eigenvalue weighted by atomic mass is 9.43. The summed E-state index contributed by atoms with van der Waals surface area (Å²) < 4.78 is 60.9. The van der Waals surface area contributed by atoms with Crippen LogP contribution >= 0.6 is 0 Å². The average Bonchev–Trinajstić information content (AvgIpc) is 4.00. The number of aromatic nitrogens is 2. The minimum atomic E-state index is -5.19. The van der Waals surface area contributed by atoms with Crippen molar-refractivity contribution >= 4 is 5.97 Å². The lowest BCUT2D eigenvalue weighted by Crippen LogP contribution is -2.66. The monoisotopic (exact) mass is 1030 g/mol. The SMILES string of the molecule is C[C@@H]1[C@@]2(CC[C@](C)(O)CO2)O[C@H]2C=C3[C@@H]4[C@@H](O)C[C@H]5Cc6c(nc7c([n+]6C)C[C@@]6(C)[C@@H](CC[C@H]8[C@H]9C[C@@H]%10O[C@@]%11(CCC(C)(C)O%11)[C@@H](C)[C@@H]%10[C@@]9(C)[C@H](O)C[C@@H]86)C7)C[C@]5(C)[C@H]4C[C@@H](O)[C@]3(C)[C@]21O.O=C([O-])C(F)(F)F. The number of carboxylic acids is 1. The van der Waals surface area contributed by atoms with E-state index in [-0.39, 0.29) is 64.3 Å². The summed E-state index contributed by atoms with van der Waals surface area (Å²) in [5.41, 5.74) is 2.21. The Labute approximate surface area is 428 Å². The molecule has 0 unspecified atom stereocenters. The molecule has 0 amide bonds. The Bertz CT molecular complexity index is 2510. The summed E-state index contributed by atoms with van der Waals surface area (Å²) in [5.74, 6) is -2.43. The number of aliphatic carboxylic acids is 1. The quantitative estimate of drug-likeness (QED) is 0.170. The third kappa shape index (κ3) is 6.68. The number of carboxylic acid groups (broad SMARTS) is 1. The molecule has 1 aromatic rings. The molecule has 5 saturated carbocycles. The number of halogens is 3. The number of hydrogen-bond donors (Lipinski definition) is 5. The van der Waals surface area contributed by atoms with Gasteiger partial charge in [-0.2, -0.15) is 17.7 Å². The Morgan fingerprint density at radius 2 is 1.47 bits per heavy atom. The van der Waals surface area contributed by atoms with Gasteiger partial charge < -0.3 is 54.4 Å². The highest BCUT2D eigenvalue weighted by Gasteiger charge is 2.78. The largest absolute Gasteiger partial charge is 0.542 e. The van der Waals surface area contributed by atoms with E-state index in [2.05, 4.69) is 59.2 Å². The highest BCUT2D eigenvalue weighted by molar-refractivity contribution is 5.70. The maximum absolute atomic E-state index is 12.9. The van der Waals surface area contributed by atoms with Crippen molar-refractivity contribution in [2.45, 2.75) is 217 Å². The van der Waals surface area contributed by atoms with Gasteiger partial charge in [0.2, 0.25) is 11.4 Å². The molecule has 4 saturated heterocycles. The first-order valence-electron chi connectivity index (χ1n) is 27.9. The predicted octanol–water partition coefficient (Wildman–Crippen LogP) is 5.13. The molecule has 23 atom stereocenters. The third-order valence-electron chi connectivity index (χ3n) is 24.5. The molecule has 13 rings (SSSR count). The van der Waals surface area contributed by atoms with Crippen molar-refractivity contribution in [3.63, 3.8) is 0 Å². The molecule has 9 fully saturated rings. The Morgan fingerprint density at radius 1 is 0.795 bits per heavy atom. The molecule has 16 heteroatoms. The zero-order chi connectivity index (χ0) is 52.6. The number of alkyl halides is 3. The van der Waals surface area contributed by atoms with Crippen molar-refractivity contribution in [3.05, 3.63) is 34.4 Å². The summed E-state index contributed by atoms with van der Waals surface area (Å²) >= 11 is 0. The summed E-state index contributed by atoms with van der Waals surface area (Å²) in [4.78, 5) is 14.5. The smallest absolute Gasteiger partial charge is 0.430 e. The lowest BCUT2D eigenvalue weighted by Gasteiger charge is -2.62. The predicted molar refractivity (Wildman–Crippen MR) is 254 cm³/mol. The van der Waals surface area contributed by atoms with Crippen LogP contribution in [-0.4, -0.2) is 108 Å². The van der Waals surface area contributed by atoms with Gasteiger partial charge in [0.15, 0.2) is 11.6 Å². The highest BCUT2D eigenvalue weighted by atomic mass is 19.4. The van der Waals surface area contributed by atoms with Gasteiger partial charge in [-0.15, -0.1) is 0 Å². The fourth-order valence-corrected chi connectivity index (χ4v) is 20.3. The summed E-state index contributed by atoms with van der Waals surface area (Å²) in [6, 6.07) is 0. The second kappa shape index (κ2) is 15.7. The van der Waals surface area contributed by atoms with Gasteiger partial charge in [0.1, 0.15) is 36.1 Å². The molecular weight excluding hydrogens is 946 g/mol. The van der Waals surface area contributed by atoms with Crippen LogP contribution in [-0.2, 0) is 56.5 Å². The number of hydrogen-bond acceptors (Lipinski definition) is 12. The van der Waals surface area contributed by atoms with Gasteiger partial charge in [-0.1, -0.05) is 53.2 Å². The zero-order valence-corrected chi connectivity index (χ0v) is 44.6. The van der Waals surface area contributed by atoms with Gasteiger partial charge in [0, 0.05) is 66.6 Å². The molecule has 5 heterocycles. The number of carbonyl (C=O) groups is 1. The zero-order valence-electron chi connectivity index (χ0n) is 44.6. The van der Waals surface area contributed by atoms with Crippen LogP contribution in [0, 0.1) is 80.8 Å². The van der Waals surface area contributed by atoms with Gasteiger partial charge in [-0.25, -0.2) is 4.98 Å². The van der Waals surface area contributed by atoms with E-state index >= 15 is 0 Å². The van der Waals surface area contributed by atoms with Crippen molar-refractivity contribution < 1.29 is 72.1 Å². The van der Waals surface area contributed by atoms with Crippen LogP contribution in [0.2, 0.25) is 0 Å². The molecule has 1 aromatic heterocycles. The van der Waals surface area contributed by atoms with Crippen LogP contribution in [0.4, 0.5) is 13.2 Å². The molecule has 0 radical (unpaired) electrons. The first-order valence-corrected chi connectivity index (χ1v) is 27.9. The summed E-state index contributed by atoms with van der Waals surface area (Å²) in [6.07, 6.45) is 6.54. The van der Waals surface area contributed by atoms with Gasteiger partial charge in [0.05, 0.1) is 42.2 Å². The summed E-state index contributed by atoms with van der Waals surface area (Å²) in [7, 11) is 2.28. The van der Waals surface area contributed by atoms with E-state index in [1.807, 2.05) is 13.8 Å². The minimum Gasteiger partial charge on any atom is -0.542 e.